The number of benzene rings is 3. The molecule has 0 saturated heterocycles. The van der Waals surface area contributed by atoms with E-state index in [0.717, 1.165) is 27.6 Å². The molecular weight excluding hydrogens is 366 g/mol. The average Bonchev–Trinajstić information content (AvgIpc) is 3.21. The van der Waals surface area contributed by atoms with Crippen LogP contribution in [0.25, 0.3) is 22.0 Å². The molecule has 4 rings (SSSR count). The lowest BCUT2D eigenvalue weighted by Crippen LogP contribution is -2.23. The molecule has 0 bridgehead atoms. The Kier molecular flexibility index (Phi) is 4.50. The van der Waals surface area contributed by atoms with E-state index in [1.807, 2.05) is 60.0 Å². The number of rotatable bonds is 5. The van der Waals surface area contributed by atoms with Crippen molar-refractivity contribution in [1.82, 2.24) is 14.3 Å². The highest BCUT2D eigenvalue weighted by Gasteiger charge is 2.14. The Hall–Kier alpha value is -2.61. The third-order valence-electron chi connectivity index (χ3n) is 4.11. The van der Waals surface area contributed by atoms with E-state index >= 15 is 0 Å². The minimum absolute atomic E-state index is 0.227. The molecule has 1 heterocycles. The third kappa shape index (κ3) is 3.50. The van der Waals surface area contributed by atoms with Gasteiger partial charge in [0, 0.05) is 17.5 Å². The van der Waals surface area contributed by atoms with Crippen LogP contribution in [0.1, 0.15) is 5.56 Å². The molecule has 0 radical (unpaired) electrons. The largest absolute Gasteiger partial charge is 0.240 e. The van der Waals surface area contributed by atoms with Gasteiger partial charge in [-0.1, -0.05) is 59.1 Å². The second-order valence-electron chi connectivity index (χ2n) is 5.82. The van der Waals surface area contributed by atoms with Crippen molar-refractivity contribution < 1.29 is 8.42 Å². The Bertz CT molecular complexity index is 1140. The molecule has 4 aromatic rings. The van der Waals surface area contributed by atoms with Gasteiger partial charge in [0.05, 0.1) is 4.90 Å². The van der Waals surface area contributed by atoms with Crippen LogP contribution in [0.3, 0.4) is 0 Å². The van der Waals surface area contributed by atoms with Gasteiger partial charge in [0.25, 0.3) is 0 Å². The highest BCUT2D eigenvalue weighted by atomic mass is 32.2. The highest BCUT2D eigenvalue weighted by molar-refractivity contribution is 7.89. The molecule has 0 fully saturated rings. The van der Waals surface area contributed by atoms with Gasteiger partial charge in [-0.25, -0.2) is 13.1 Å². The van der Waals surface area contributed by atoms with Crippen molar-refractivity contribution in [3.63, 3.8) is 0 Å². The first kappa shape index (κ1) is 16.8. The number of nitrogens with one attached hydrogen (secondary N) is 1. The van der Waals surface area contributed by atoms with Crippen LogP contribution in [0, 0.1) is 0 Å². The van der Waals surface area contributed by atoms with Gasteiger partial charge in [0.2, 0.25) is 10.0 Å². The van der Waals surface area contributed by atoms with Crippen LogP contribution in [0.15, 0.2) is 77.0 Å². The van der Waals surface area contributed by atoms with Crippen LogP contribution >= 0.6 is 11.5 Å². The highest BCUT2D eigenvalue weighted by Crippen LogP contribution is 2.20. The van der Waals surface area contributed by atoms with E-state index in [4.69, 9.17) is 0 Å². The first-order valence-corrected chi connectivity index (χ1v) is 10.3. The minimum Gasteiger partial charge on any atom is -0.207 e. The van der Waals surface area contributed by atoms with Crippen molar-refractivity contribution in [2.45, 2.75) is 11.4 Å². The molecule has 0 atom stereocenters. The molecule has 0 unspecified atom stereocenters. The second-order valence-corrected chi connectivity index (χ2v) is 8.20. The van der Waals surface area contributed by atoms with E-state index in [-0.39, 0.29) is 11.4 Å². The van der Waals surface area contributed by atoms with E-state index in [2.05, 4.69) is 14.3 Å². The molecule has 0 amide bonds. The van der Waals surface area contributed by atoms with Crippen molar-refractivity contribution in [3.05, 3.63) is 77.7 Å². The lowest BCUT2D eigenvalue weighted by molar-refractivity contribution is 0.581. The molecule has 0 aliphatic heterocycles. The van der Waals surface area contributed by atoms with Crippen LogP contribution in [-0.4, -0.2) is 18.0 Å². The molecular formula is C19H15N3O2S2. The first-order chi connectivity index (χ1) is 12.6. The first-order valence-electron chi connectivity index (χ1n) is 7.97. The zero-order chi connectivity index (χ0) is 18.0. The van der Waals surface area contributed by atoms with Gasteiger partial charge in [-0.05, 0) is 40.0 Å². The summed E-state index contributed by atoms with van der Waals surface area (Å²) >= 11 is 1.30. The molecule has 26 heavy (non-hydrogen) atoms. The Balaban J connectivity index is 1.50. The number of nitrogens with zero attached hydrogens (tertiary/aromatic N) is 2. The molecule has 7 heteroatoms. The van der Waals surface area contributed by atoms with Gasteiger partial charge in [-0.3, -0.25) is 0 Å². The quantitative estimate of drug-likeness (QED) is 0.570. The molecule has 5 nitrogen and oxygen atoms in total. The fourth-order valence-electron chi connectivity index (χ4n) is 2.68. The van der Waals surface area contributed by atoms with Crippen molar-refractivity contribution >= 4 is 32.3 Å². The zero-order valence-electron chi connectivity index (χ0n) is 13.7. The van der Waals surface area contributed by atoms with Crippen LogP contribution in [-0.2, 0) is 16.6 Å². The number of fused-ring (bicyclic) bond motifs is 1. The molecule has 0 spiro atoms. The topological polar surface area (TPSA) is 72.0 Å². The Morgan fingerprint density at radius 2 is 1.69 bits per heavy atom. The lowest BCUT2D eigenvalue weighted by Gasteiger charge is -2.08. The molecule has 130 valence electrons. The van der Waals surface area contributed by atoms with Crippen molar-refractivity contribution in [2.24, 2.45) is 0 Å². The van der Waals surface area contributed by atoms with Crippen LogP contribution in [0.4, 0.5) is 0 Å². The summed E-state index contributed by atoms with van der Waals surface area (Å²) in [6, 6.07) is 20.4. The lowest BCUT2D eigenvalue weighted by atomic mass is 10.1. The van der Waals surface area contributed by atoms with E-state index < -0.39 is 10.0 Å². The summed E-state index contributed by atoms with van der Waals surface area (Å²) in [5, 5.41) is 7.81. The molecule has 1 N–H and O–H groups in total. The molecule has 3 aromatic carbocycles. The van der Waals surface area contributed by atoms with Crippen LogP contribution < -0.4 is 4.72 Å². The maximum atomic E-state index is 12.6. The number of hydrogen-bond donors (Lipinski definition) is 1. The molecule has 0 saturated carbocycles. The summed E-state index contributed by atoms with van der Waals surface area (Å²) < 4.78 is 31.7. The van der Waals surface area contributed by atoms with Gasteiger partial charge < -0.3 is 0 Å². The summed E-state index contributed by atoms with van der Waals surface area (Å²) in [5.74, 6) is 0. The minimum atomic E-state index is -3.57. The predicted octanol–water partition coefficient (Wildman–Crippen LogP) is 3.84. The SMILES string of the molecule is O=S(=O)(NCc1ccc(-c2csnn2)cc1)c1ccc2ccccc2c1. The maximum Gasteiger partial charge on any atom is 0.240 e. The fraction of sp³-hybridized carbons (Fsp3) is 0.0526. The summed E-state index contributed by atoms with van der Waals surface area (Å²) in [6.45, 7) is 0.227. The number of hydrogen-bond acceptors (Lipinski definition) is 5. The monoisotopic (exact) mass is 381 g/mol. The normalized spacial score (nSPS) is 11.7. The van der Waals surface area contributed by atoms with Gasteiger partial charge in [-0.15, -0.1) is 5.10 Å². The van der Waals surface area contributed by atoms with Crippen LogP contribution in [0.2, 0.25) is 0 Å². The zero-order valence-corrected chi connectivity index (χ0v) is 15.3. The van der Waals surface area contributed by atoms with E-state index in [1.165, 1.54) is 11.5 Å². The molecule has 0 aliphatic carbocycles. The Morgan fingerprint density at radius 1 is 0.923 bits per heavy atom. The fourth-order valence-corrected chi connectivity index (χ4v) is 4.20. The number of aromatic nitrogens is 2. The third-order valence-corrected chi connectivity index (χ3v) is 6.01. The standard InChI is InChI=1S/C19H15N3O2S2/c23-26(24,18-10-9-15-3-1-2-4-17(15)11-18)20-12-14-5-7-16(8-6-14)19-13-25-22-21-19/h1-11,13,20H,12H2. The summed E-state index contributed by atoms with van der Waals surface area (Å²) in [6.07, 6.45) is 0. The van der Waals surface area contributed by atoms with Gasteiger partial charge in [0.15, 0.2) is 0 Å². The maximum absolute atomic E-state index is 12.6. The molecule has 1 aromatic heterocycles. The van der Waals surface area contributed by atoms with E-state index in [9.17, 15) is 8.42 Å². The van der Waals surface area contributed by atoms with Crippen molar-refractivity contribution in [3.8, 4) is 11.3 Å². The number of sulfonamides is 1. The Morgan fingerprint density at radius 3 is 2.42 bits per heavy atom. The smallest absolute Gasteiger partial charge is 0.207 e. The van der Waals surface area contributed by atoms with Crippen molar-refractivity contribution in [1.29, 1.82) is 0 Å². The van der Waals surface area contributed by atoms with Crippen LogP contribution in [0.5, 0.6) is 0 Å². The average molecular weight is 381 g/mol. The molecule has 0 aliphatic rings. The second kappa shape index (κ2) is 6.95. The summed E-state index contributed by atoms with van der Waals surface area (Å²) in [5.41, 5.74) is 2.65. The van der Waals surface area contributed by atoms with Gasteiger partial charge >= 0.3 is 0 Å². The Labute approximate surface area is 155 Å². The van der Waals surface area contributed by atoms with Gasteiger partial charge in [-0.2, -0.15) is 0 Å². The summed E-state index contributed by atoms with van der Waals surface area (Å²) in [4.78, 5) is 0.265. The summed E-state index contributed by atoms with van der Waals surface area (Å²) in [7, 11) is -3.57. The van der Waals surface area contributed by atoms with Gasteiger partial charge in [0.1, 0.15) is 5.69 Å². The van der Waals surface area contributed by atoms with E-state index in [1.54, 1.807) is 12.1 Å². The predicted molar refractivity (Wildman–Crippen MR) is 103 cm³/mol. The van der Waals surface area contributed by atoms with E-state index in [0.29, 0.717) is 0 Å². The van der Waals surface area contributed by atoms with Crippen molar-refractivity contribution in [2.75, 3.05) is 0 Å².